The van der Waals surface area contributed by atoms with Gasteiger partial charge in [-0.1, -0.05) is 30.3 Å². The van der Waals surface area contributed by atoms with Crippen LogP contribution >= 0.6 is 0 Å². The molecule has 5 heteroatoms. The Kier molecular flexibility index (Phi) is 4.57. The fraction of sp³-hybridized carbons (Fsp3) is 0.500. The summed E-state index contributed by atoms with van der Waals surface area (Å²) >= 11 is 0. The number of likely N-dealkylation sites (tertiary alicyclic amines) is 1. The highest BCUT2D eigenvalue weighted by Gasteiger charge is 2.37. The second kappa shape index (κ2) is 7.00. The smallest absolute Gasteiger partial charge is 0.242 e. The maximum atomic E-state index is 13.0. The van der Waals surface area contributed by atoms with Gasteiger partial charge in [0.15, 0.2) is 0 Å². The van der Waals surface area contributed by atoms with Crippen LogP contribution in [0, 0.1) is 6.92 Å². The fourth-order valence-electron chi connectivity index (χ4n) is 3.81. The average Bonchev–Trinajstić information content (AvgIpc) is 3.15. The molecule has 2 fully saturated rings. The molecular weight excluding hydrogens is 312 g/mol. The van der Waals surface area contributed by atoms with Gasteiger partial charge in [0.25, 0.3) is 0 Å². The minimum atomic E-state index is -0.203. The van der Waals surface area contributed by atoms with E-state index in [1.165, 1.54) is 5.56 Å². The summed E-state index contributed by atoms with van der Waals surface area (Å²) in [6.45, 7) is 3.86. The molecule has 1 saturated heterocycles. The van der Waals surface area contributed by atoms with Crippen LogP contribution in [0.15, 0.2) is 42.7 Å². The number of hydrogen-bond acceptors (Lipinski definition) is 3. The molecule has 1 aromatic carbocycles. The van der Waals surface area contributed by atoms with Crippen molar-refractivity contribution < 1.29 is 4.79 Å². The molecular formula is C20H26N4O. The van der Waals surface area contributed by atoms with E-state index in [1.54, 1.807) is 0 Å². The minimum absolute atomic E-state index is 0.150. The Hall–Kier alpha value is -2.14. The Morgan fingerprint density at radius 2 is 2.08 bits per heavy atom. The van der Waals surface area contributed by atoms with Crippen molar-refractivity contribution in [3.63, 3.8) is 0 Å². The Morgan fingerprint density at radius 3 is 2.76 bits per heavy atom. The third kappa shape index (κ3) is 3.76. The number of rotatable bonds is 6. The van der Waals surface area contributed by atoms with E-state index >= 15 is 0 Å². The topological polar surface area (TPSA) is 50.2 Å². The Labute approximate surface area is 149 Å². The third-order valence-corrected chi connectivity index (χ3v) is 5.20. The Balaban J connectivity index is 1.57. The first kappa shape index (κ1) is 16.3. The molecule has 0 radical (unpaired) electrons. The van der Waals surface area contributed by atoms with Crippen LogP contribution in [0.2, 0.25) is 0 Å². The lowest BCUT2D eigenvalue weighted by Gasteiger charge is -2.32. The van der Waals surface area contributed by atoms with Gasteiger partial charge in [0.1, 0.15) is 6.04 Å². The molecule has 132 valence electrons. The molecule has 2 atom stereocenters. The van der Waals surface area contributed by atoms with Gasteiger partial charge in [-0.2, -0.15) is 5.10 Å². The van der Waals surface area contributed by atoms with Crippen LogP contribution in [0.25, 0.3) is 0 Å². The van der Waals surface area contributed by atoms with E-state index in [0.29, 0.717) is 12.1 Å². The molecule has 4 rings (SSSR count). The molecule has 1 N–H and O–H groups in total. The summed E-state index contributed by atoms with van der Waals surface area (Å²) in [7, 11) is 0. The molecule has 2 aromatic rings. The second-order valence-corrected chi connectivity index (χ2v) is 7.37. The molecule has 5 nitrogen and oxygen atoms in total. The minimum Gasteiger partial charge on any atom is -0.352 e. The van der Waals surface area contributed by atoms with Gasteiger partial charge in [-0.3, -0.25) is 14.4 Å². The zero-order chi connectivity index (χ0) is 17.2. The summed E-state index contributed by atoms with van der Waals surface area (Å²) in [4.78, 5) is 15.4. The number of nitrogens with zero attached hydrogens (tertiary/aromatic N) is 3. The van der Waals surface area contributed by atoms with Crippen LogP contribution in [0.3, 0.4) is 0 Å². The third-order valence-electron chi connectivity index (χ3n) is 5.20. The van der Waals surface area contributed by atoms with Gasteiger partial charge < -0.3 is 5.32 Å². The highest BCUT2D eigenvalue weighted by atomic mass is 16.2. The molecule has 0 unspecified atom stereocenters. The van der Waals surface area contributed by atoms with Crippen molar-refractivity contribution in [2.75, 3.05) is 6.54 Å². The number of carbonyl (C=O) groups excluding carboxylic acids is 1. The number of carbonyl (C=O) groups is 1. The SMILES string of the molecule is Cc1cnn(C[C@H]2CCCN2[C@@H](C(=O)NC2CC2)c2ccccc2)c1. The molecule has 1 aliphatic carbocycles. The number of benzene rings is 1. The zero-order valence-corrected chi connectivity index (χ0v) is 14.8. The quantitative estimate of drug-likeness (QED) is 0.881. The van der Waals surface area contributed by atoms with Gasteiger partial charge in [-0.15, -0.1) is 0 Å². The number of amides is 1. The summed E-state index contributed by atoms with van der Waals surface area (Å²) in [5.74, 6) is 0.150. The zero-order valence-electron chi connectivity index (χ0n) is 14.8. The molecule has 2 aliphatic rings. The van der Waals surface area contributed by atoms with E-state index in [2.05, 4.69) is 40.6 Å². The predicted octanol–water partition coefficient (Wildman–Crippen LogP) is 2.68. The summed E-state index contributed by atoms with van der Waals surface area (Å²) in [5.41, 5.74) is 2.26. The van der Waals surface area contributed by atoms with Crippen molar-refractivity contribution in [3.8, 4) is 0 Å². The Morgan fingerprint density at radius 1 is 1.28 bits per heavy atom. The van der Waals surface area contributed by atoms with Crippen LogP contribution in [0.1, 0.15) is 42.9 Å². The molecule has 1 amide bonds. The lowest BCUT2D eigenvalue weighted by molar-refractivity contribution is -0.127. The van der Waals surface area contributed by atoms with Gasteiger partial charge in [0, 0.05) is 18.3 Å². The lowest BCUT2D eigenvalue weighted by Crippen LogP contribution is -2.44. The number of aryl methyl sites for hydroxylation is 1. The van der Waals surface area contributed by atoms with Crippen LogP contribution in [-0.2, 0) is 11.3 Å². The summed E-state index contributed by atoms with van der Waals surface area (Å²) in [6, 6.07) is 10.7. The van der Waals surface area contributed by atoms with Gasteiger partial charge in [-0.25, -0.2) is 0 Å². The summed E-state index contributed by atoms with van der Waals surface area (Å²) < 4.78 is 2.01. The number of aromatic nitrogens is 2. The van der Waals surface area contributed by atoms with Crippen LogP contribution in [0.4, 0.5) is 0 Å². The highest BCUT2D eigenvalue weighted by molar-refractivity contribution is 5.83. The fourth-order valence-corrected chi connectivity index (χ4v) is 3.81. The van der Waals surface area contributed by atoms with Crippen LogP contribution in [-0.4, -0.2) is 39.2 Å². The van der Waals surface area contributed by atoms with Crippen LogP contribution < -0.4 is 5.32 Å². The number of hydrogen-bond donors (Lipinski definition) is 1. The first-order valence-electron chi connectivity index (χ1n) is 9.31. The standard InChI is InChI=1S/C20H26N4O/c1-15-12-21-23(13-15)14-18-8-5-11-24(18)19(16-6-3-2-4-7-16)20(25)22-17-9-10-17/h2-4,6-7,12-13,17-19H,5,8-11,14H2,1H3,(H,22,25)/t18-,19-/m1/s1. The lowest BCUT2D eigenvalue weighted by atomic mass is 10.0. The van der Waals surface area contributed by atoms with Crippen LogP contribution in [0.5, 0.6) is 0 Å². The van der Waals surface area contributed by atoms with Crippen molar-refractivity contribution in [1.29, 1.82) is 0 Å². The normalized spacial score (nSPS) is 22.0. The first-order valence-corrected chi connectivity index (χ1v) is 9.31. The molecule has 0 spiro atoms. The molecule has 2 heterocycles. The van der Waals surface area contributed by atoms with E-state index < -0.39 is 0 Å². The highest BCUT2D eigenvalue weighted by Crippen LogP contribution is 2.31. The van der Waals surface area contributed by atoms with Gasteiger partial charge in [0.05, 0.1) is 12.7 Å². The van der Waals surface area contributed by atoms with Crippen molar-refractivity contribution in [2.45, 2.75) is 57.3 Å². The van der Waals surface area contributed by atoms with Crippen molar-refractivity contribution in [2.24, 2.45) is 0 Å². The predicted molar refractivity (Wildman–Crippen MR) is 97.0 cm³/mol. The summed E-state index contributed by atoms with van der Waals surface area (Å²) in [5, 5.41) is 7.65. The van der Waals surface area contributed by atoms with E-state index in [9.17, 15) is 4.79 Å². The van der Waals surface area contributed by atoms with Crippen molar-refractivity contribution in [3.05, 3.63) is 53.9 Å². The van der Waals surface area contributed by atoms with E-state index in [4.69, 9.17) is 0 Å². The molecule has 25 heavy (non-hydrogen) atoms. The first-order chi connectivity index (χ1) is 12.2. The Bertz CT molecular complexity index is 722. The molecule has 1 aromatic heterocycles. The van der Waals surface area contributed by atoms with Gasteiger partial charge in [0.2, 0.25) is 5.91 Å². The molecule has 1 saturated carbocycles. The monoisotopic (exact) mass is 338 g/mol. The maximum Gasteiger partial charge on any atom is 0.242 e. The molecule has 1 aliphatic heterocycles. The largest absolute Gasteiger partial charge is 0.352 e. The van der Waals surface area contributed by atoms with E-state index in [-0.39, 0.29) is 11.9 Å². The average molecular weight is 338 g/mol. The van der Waals surface area contributed by atoms with Gasteiger partial charge in [-0.05, 0) is 50.3 Å². The van der Waals surface area contributed by atoms with Crippen molar-refractivity contribution in [1.82, 2.24) is 20.0 Å². The second-order valence-electron chi connectivity index (χ2n) is 7.37. The summed E-state index contributed by atoms with van der Waals surface area (Å²) in [6.07, 6.45) is 8.45. The van der Waals surface area contributed by atoms with E-state index in [0.717, 1.165) is 44.3 Å². The molecule has 0 bridgehead atoms. The van der Waals surface area contributed by atoms with E-state index in [1.807, 2.05) is 29.1 Å². The van der Waals surface area contributed by atoms with Gasteiger partial charge >= 0.3 is 0 Å². The number of nitrogens with one attached hydrogen (secondary N) is 1. The van der Waals surface area contributed by atoms with Crippen molar-refractivity contribution >= 4 is 5.91 Å². The maximum absolute atomic E-state index is 13.0.